The van der Waals surface area contributed by atoms with Crippen LogP contribution in [0.4, 0.5) is 0 Å². The van der Waals surface area contributed by atoms with Gasteiger partial charge in [0.1, 0.15) is 6.10 Å². The predicted molar refractivity (Wildman–Crippen MR) is 50.1 cm³/mol. The van der Waals surface area contributed by atoms with Gasteiger partial charge in [0.2, 0.25) is 0 Å². The zero-order valence-electron chi connectivity index (χ0n) is 8.08. The van der Waals surface area contributed by atoms with Crippen LogP contribution >= 0.6 is 0 Å². The molecule has 72 valence electrons. The molecule has 2 aliphatic rings. The van der Waals surface area contributed by atoms with E-state index in [1.807, 2.05) is 0 Å². The Bertz CT molecular complexity index is 244. The fraction of sp³-hybridized carbons (Fsp3) is 0.727. The maximum absolute atomic E-state index is 11.3. The lowest BCUT2D eigenvalue weighted by Gasteiger charge is -2.21. The zero-order valence-corrected chi connectivity index (χ0v) is 8.08. The van der Waals surface area contributed by atoms with Crippen LogP contribution in [0, 0.1) is 11.8 Å². The second-order valence-corrected chi connectivity index (χ2v) is 4.40. The number of ether oxygens (including phenoxy) is 1. The maximum atomic E-state index is 11.3. The predicted octanol–water partition coefficient (Wildman–Crippen LogP) is 2.29. The van der Waals surface area contributed by atoms with Gasteiger partial charge in [-0.25, -0.2) is 4.79 Å². The zero-order chi connectivity index (χ0) is 9.42. The molecular formula is C11H16O2. The molecule has 2 rings (SSSR count). The Morgan fingerprint density at radius 1 is 1.38 bits per heavy atom. The molecule has 0 N–H and O–H groups in total. The molecule has 2 nitrogen and oxygen atoms in total. The minimum Gasteiger partial charge on any atom is -0.459 e. The summed E-state index contributed by atoms with van der Waals surface area (Å²) in [7, 11) is 0. The van der Waals surface area contributed by atoms with E-state index in [0.29, 0.717) is 11.5 Å². The largest absolute Gasteiger partial charge is 0.459 e. The molecule has 0 aliphatic heterocycles. The molecule has 0 amide bonds. The van der Waals surface area contributed by atoms with Gasteiger partial charge in [-0.1, -0.05) is 6.58 Å². The molecule has 2 fully saturated rings. The van der Waals surface area contributed by atoms with Crippen molar-refractivity contribution in [2.24, 2.45) is 11.8 Å². The van der Waals surface area contributed by atoms with Crippen LogP contribution in [-0.2, 0) is 9.53 Å². The highest BCUT2D eigenvalue weighted by atomic mass is 16.5. The number of carbonyl (C=O) groups is 1. The van der Waals surface area contributed by atoms with Crippen molar-refractivity contribution < 1.29 is 9.53 Å². The first-order valence-electron chi connectivity index (χ1n) is 5.03. The molecule has 0 aromatic heterocycles. The summed E-state index contributed by atoms with van der Waals surface area (Å²) in [6, 6.07) is 0. The average molecular weight is 180 g/mol. The number of hydrogen-bond donors (Lipinski definition) is 0. The molecule has 0 unspecified atom stereocenters. The minimum atomic E-state index is -0.211. The third kappa shape index (κ3) is 1.62. The van der Waals surface area contributed by atoms with Gasteiger partial charge in [-0.3, -0.25) is 0 Å². The van der Waals surface area contributed by atoms with E-state index in [9.17, 15) is 4.79 Å². The first kappa shape index (κ1) is 8.79. The van der Waals surface area contributed by atoms with E-state index < -0.39 is 0 Å². The SMILES string of the molecule is C=C(C)C(=O)O[C@H]1C[C@@H]2CC[C@@H]1C2. The second-order valence-electron chi connectivity index (χ2n) is 4.40. The van der Waals surface area contributed by atoms with Crippen LogP contribution in [-0.4, -0.2) is 12.1 Å². The van der Waals surface area contributed by atoms with Crippen molar-refractivity contribution in [1.82, 2.24) is 0 Å². The second kappa shape index (κ2) is 3.17. The molecule has 2 aliphatic carbocycles. The molecule has 0 aromatic rings. The third-order valence-electron chi connectivity index (χ3n) is 3.28. The Hall–Kier alpha value is -0.790. The van der Waals surface area contributed by atoms with E-state index in [4.69, 9.17) is 4.74 Å². The lowest BCUT2D eigenvalue weighted by molar-refractivity contribution is -0.146. The lowest BCUT2D eigenvalue weighted by atomic mass is 9.98. The summed E-state index contributed by atoms with van der Waals surface area (Å²) in [6.45, 7) is 5.29. The van der Waals surface area contributed by atoms with Gasteiger partial charge in [-0.05, 0) is 44.4 Å². The van der Waals surface area contributed by atoms with Crippen LogP contribution in [0.25, 0.3) is 0 Å². The van der Waals surface area contributed by atoms with Crippen molar-refractivity contribution in [2.45, 2.75) is 38.7 Å². The van der Waals surface area contributed by atoms with E-state index in [2.05, 4.69) is 6.58 Å². The van der Waals surface area contributed by atoms with Gasteiger partial charge in [-0.2, -0.15) is 0 Å². The molecular weight excluding hydrogens is 164 g/mol. The van der Waals surface area contributed by atoms with Crippen LogP contribution in [0.2, 0.25) is 0 Å². The Kier molecular flexibility index (Phi) is 2.14. The molecule has 2 heteroatoms. The van der Waals surface area contributed by atoms with Gasteiger partial charge in [0, 0.05) is 5.57 Å². The summed E-state index contributed by atoms with van der Waals surface area (Å²) in [5, 5.41) is 0. The van der Waals surface area contributed by atoms with E-state index >= 15 is 0 Å². The Morgan fingerprint density at radius 2 is 2.15 bits per heavy atom. The van der Waals surface area contributed by atoms with Gasteiger partial charge in [0.25, 0.3) is 0 Å². The first-order chi connectivity index (χ1) is 6.16. The Labute approximate surface area is 79.0 Å². The number of fused-ring (bicyclic) bond motifs is 2. The molecule has 0 radical (unpaired) electrons. The summed E-state index contributed by atoms with van der Waals surface area (Å²) in [6.07, 6.45) is 5.14. The first-order valence-corrected chi connectivity index (χ1v) is 5.03. The molecule has 13 heavy (non-hydrogen) atoms. The van der Waals surface area contributed by atoms with Gasteiger partial charge in [-0.15, -0.1) is 0 Å². The van der Waals surface area contributed by atoms with Crippen molar-refractivity contribution >= 4 is 5.97 Å². The Balaban J connectivity index is 1.90. The summed E-state index contributed by atoms with van der Waals surface area (Å²) in [5.41, 5.74) is 0.516. The molecule has 0 heterocycles. The third-order valence-corrected chi connectivity index (χ3v) is 3.28. The summed E-state index contributed by atoms with van der Waals surface area (Å²) in [5.74, 6) is 1.26. The average Bonchev–Trinajstić information content (AvgIpc) is 2.64. The van der Waals surface area contributed by atoms with Crippen molar-refractivity contribution in [3.05, 3.63) is 12.2 Å². The maximum Gasteiger partial charge on any atom is 0.333 e. The Morgan fingerprint density at radius 3 is 2.62 bits per heavy atom. The highest BCUT2D eigenvalue weighted by Crippen LogP contribution is 2.45. The number of rotatable bonds is 2. The van der Waals surface area contributed by atoms with E-state index in [-0.39, 0.29) is 12.1 Å². The van der Waals surface area contributed by atoms with Crippen LogP contribution in [0.3, 0.4) is 0 Å². The summed E-state index contributed by atoms with van der Waals surface area (Å²) < 4.78 is 5.37. The van der Waals surface area contributed by atoms with Crippen LogP contribution in [0.5, 0.6) is 0 Å². The van der Waals surface area contributed by atoms with Crippen LogP contribution in [0.15, 0.2) is 12.2 Å². The van der Waals surface area contributed by atoms with Crippen LogP contribution < -0.4 is 0 Å². The standard InChI is InChI=1S/C11H16O2/c1-7(2)11(12)13-10-6-8-3-4-9(10)5-8/h8-10H,1,3-6H2,2H3/t8-,9-,10+/m1/s1. The molecule has 3 atom stereocenters. The van der Waals surface area contributed by atoms with Gasteiger partial charge in [0.15, 0.2) is 0 Å². The molecule has 0 saturated heterocycles. The quantitative estimate of drug-likeness (QED) is 0.481. The van der Waals surface area contributed by atoms with Crippen molar-refractivity contribution in [3.8, 4) is 0 Å². The number of hydrogen-bond acceptors (Lipinski definition) is 2. The van der Waals surface area contributed by atoms with Gasteiger partial charge < -0.3 is 4.74 Å². The number of carbonyl (C=O) groups excluding carboxylic acids is 1. The van der Waals surface area contributed by atoms with Crippen LogP contribution in [0.1, 0.15) is 32.6 Å². The normalized spacial score (nSPS) is 36.2. The number of esters is 1. The van der Waals surface area contributed by atoms with Gasteiger partial charge >= 0.3 is 5.97 Å². The topological polar surface area (TPSA) is 26.3 Å². The fourth-order valence-electron chi connectivity index (χ4n) is 2.57. The molecule has 2 bridgehead atoms. The summed E-state index contributed by atoms with van der Waals surface area (Å²) in [4.78, 5) is 11.3. The van der Waals surface area contributed by atoms with E-state index in [1.54, 1.807) is 6.92 Å². The van der Waals surface area contributed by atoms with Crippen molar-refractivity contribution in [2.75, 3.05) is 0 Å². The molecule has 2 saturated carbocycles. The van der Waals surface area contributed by atoms with E-state index in [1.165, 1.54) is 19.3 Å². The highest BCUT2D eigenvalue weighted by molar-refractivity contribution is 5.87. The fourth-order valence-corrected chi connectivity index (χ4v) is 2.57. The smallest absolute Gasteiger partial charge is 0.333 e. The summed E-state index contributed by atoms with van der Waals surface area (Å²) >= 11 is 0. The lowest BCUT2D eigenvalue weighted by Crippen LogP contribution is -2.24. The monoisotopic (exact) mass is 180 g/mol. The van der Waals surface area contributed by atoms with Gasteiger partial charge in [0.05, 0.1) is 0 Å². The molecule has 0 spiro atoms. The minimum absolute atomic E-state index is 0.197. The van der Waals surface area contributed by atoms with Crippen molar-refractivity contribution in [1.29, 1.82) is 0 Å². The highest BCUT2D eigenvalue weighted by Gasteiger charge is 2.41. The van der Waals surface area contributed by atoms with E-state index in [0.717, 1.165) is 12.3 Å². The molecule has 0 aromatic carbocycles. The van der Waals surface area contributed by atoms with Crippen molar-refractivity contribution in [3.63, 3.8) is 0 Å².